The molecule has 0 bridgehead atoms. The molecule has 0 radical (unpaired) electrons. The molecule has 0 saturated carbocycles. The lowest BCUT2D eigenvalue weighted by Gasteiger charge is -2.18. The molecule has 59 heavy (non-hydrogen) atoms. The van der Waals surface area contributed by atoms with Gasteiger partial charge in [0, 0.05) is 21.8 Å². The van der Waals surface area contributed by atoms with Crippen molar-refractivity contribution < 1.29 is 0 Å². The average Bonchev–Trinajstić information content (AvgIpc) is 3.65. The molecule has 274 valence electrons. The van der Waals surface area contributed by atoms with E-state index in [9.17, 15) is 0 Å². The lowest BCUT2D eigenvalue weighted by Crippen LogP contribution is -1.95. The number of hydrogen-bond acceptors (Lipinski definition) is 0. The largest absolute Gasteiger partial charge is 0.309 e. The highest BCUT2D eigenvalue weighted by atomic mass is 15.0. The van der Waals surface area contributed by atoms with Crippen LogP contribution in [-0.4, -0.2) is 4.57 Å². The predicted octanol–water partition coefficient (Wildman–Crippen LogP) is 16.1. The number of para-hydroxylation sites is 1. The van der Waals surface area contributed by atoms with Crippen LogP contribution in [-0.2, 0) is 0 Å². The van der Waals surface area contributed by atoms with Crippen LogP contribution in [0.25, 0.3) is 115 Å². The van der Waals surface area contributed by atoms with E-state index in [1.165, 1.54) is 109 Å². The average molecular weight is 748 g/mol. The molecular formula is C58H37N. The third-order valence-electron chi connectivity index (χ3n) is 12.3. The molecule has 1 aromatic heterocycles. The molecule has 0 aliphatic heterocycles. The van der Waals surface area contributed by atoms with Crippen LogP contribution in [0.4, 0.5) is 0 Å². The SMILES string of the molecule is c1ccc(-c2cccc(-n3c4ccccc4c4cc(-c5ccc6cc(-c7c8ccccc8c(-c8ccccc8)c8ccccc78)ccc6c5)c5ccccc5c43)c2)cc1. The maximum absolute atomic E-state index is 2.46. The molecule has 0 unspecified atom stereocenters. The van der Waals surface area contributed by atoms with Crippen LogP contribution in [0.5, 0.6) is 0 Å². The van der Waals surface area contributed by atoms with Gasteiger partial charge in [0.25, 0.3) is 0 Å². The van der Waals surface area contributed by atoms with Crippen LogP contribution in [0.1, 0.15) is 0 Å². The standard InChI is InChI=1S/C58H37N/c1-3-16-38(17-4-1)40-20-15-21-45(36-40)59-55-29-14-13-23-47(55)54-37-53(46-22-7-12-28-52(46)58(54)59)43-32-30-42-35-44(33-31-41(42)34-43)57-50-26-10-8-24-48(50)56(39-18-5-2-6-19-39)49-25-9-11-27-51(49)57/h1-37H. The lowest BCUT2D eigenvalue weighted by atomic mass is 9.85. The Kier molecular flexibility index (Phi) is 7.61. The van der Waals surface area contributed by atoms with Gasteiger partial charge in [-0.05, 0) is 119 Å². The van der Waals surface area contributed by atoms with Crippen molar-refractivity contribution in [2.75, 3.05) is 0 Å². The molecular weight excluding hydrogens is 711 g/mol. The summed E-state index contributed by atoms with van der Waals surface area (Å²) < 4.78 is 2.46. The van der Waals surface area contributed by atoms with Gasteiger partial charge in [-0.1, -0.05) is 188 Å². The van der Waals surface area contributed by atoms with Crippen LogP contribution in [0.3, 0.4) is 0 Å². The first-order chi connectivity index (χ1) is 29.3. The fourth-order valence-electron chi connectivity index (χ4n) is 9.71. The Labute approximate surface area is 342 Å². The van der Waals surface area contributed by atoms with Gasteiger partial charge < -0.3 is 4.57 Å². The van der Waals surface area contributed by atoms with Gasteiger partial charge in [0.15, 0.2) is 0 Å². The first kappa shape index (κ1) is 33.4. The topological polar surface area (TPSA) is 4.93 Å². The van der Waals surface area contributed by atoms with Gasteiger partial charge >= 0.3 is 0 Å². The van der Waals surface area contributed by atoms with Gasteiger partial charge in [0.2, 0.25) is 0 Å². The van der Waals surface area contributed by atoms with Crippen LogP contribution >= 0.6 is 0 Å². The van der Waals surface area contributed by atoms with E-state index in [4.69, 9.17) is 0 Å². The molecule has 11 aromatic carbocycles. The van der Waals surface area contributed by atoms with E-state index in [0.717, 1.165) is 5.69 Å². The third-order valence-corrected chi connectivity index (χ3v) is 12.3. The van der Waals surface area contributed by atoms with Crippen LogP contribution in [0, 0.1) is 0 Å². The number of rotatable bonds is 5. The van der Waals surface area contributed by atoms with E-state index in [1.54, 1.807) is 0 Å². The second kappa shape index (κ2) is 13.4. The molecule has 0 aliphatic carbocycles. The quantitative estimate of drug-likeness (QED) is 0.155. The van der Waals surface area contributed by atoms with E-state index in [-0.39, 0.29) is 0 Å². The highest BCUT2D eigenvalue weighted by Gasteiger charge is 2.20. The summed E-state index contributed by atoms with van der Waals surface area (Å²) in [6.07, 6.45) is 0. The molecule has 12 aromatic rings. The Morgan fingerprint density at radius 3 is 1.41 bits per heavy atom. The fraction of sp³-hybridized carbons (Fsp3) is 0. The molecule has 1 heterocycles. The van der Waals surface area contributed by atoms with Crippen molar-refractivity contribution in [3.05, 3.63) is 224 Å². The lowest BCUT2D eigenvalue weighted by molar-refractivity contribution is 1.19. The molecule has 0 saturated heterocycles. The van der Waals surface area contributed by atoms with Crippen molar-refractivity contribution in [1.82, 2.24) is 4.57 Å². The van der Waals surface area contributed by atoms with E-state index in [1.807, 2.05) is 0 Å². The highest BCUT2D eigenvalue weighted by molar-refractivity contribution is 6.23. The zero-order valence-corrected chi connectivity index (χ0v) is 32.3. The number of aromatic nitrogens is 1. The first-order valence-corrected chi connectivity index (χ1v) is 20.4. The Morgan fingerprint density at radius 2 is 0.746 bits per heavy atom. The van der Waals surface area contributed by atoms with E-state index in [2.05, 4.69) is 229 Å². The molecule has 0 atom stereocenters. The number of nitrogens with zero attached hydrogens (tertiary/aromatic N) is 1. The third kappa shape index (κ3) is 5.33. The minimum atomic E-state index is 1.16. The molecule has 0 spiro atoms. The Bertz CT molecular complexity index is 3540. The Balaban J connectivity index is 1.03. The van der Waals surface area contributed by atoms with E-state index in [0.29, 0.717) is 0 Å². The summed E-state index contributed by atoms with van der Waals surface area (Å²) in [6.45, 7) is 0. The van der Waals surface area contributed by atoms with Crippen molar-refractivity contribution in [3.63, 3.8) is 0 Å². The monoisotopic (exact) mass is 747 g/mol. The summed E-state index contributed by atoms with van der Waals surface area (Å²) in [7, 11) is 0. The molecule has 0 fully saturated rings. The van der Waals surface area contributed by atoms with Crippen molar-refractivity contribution >= 4 is 64.9 Å². The van der Waals surface area contributed by atoms with E-state index >= 15 is 0 Å². The van der Waals surface area contributed by atoms with Crippen molar-refractivity contribution in [2.24, 2.45) is 0 Å². The number of fused-ring (bicyclic) bond motifs is 8. The zero-order valence-electron chi connectivity index (χ0n) is 32.3. The smallest absolute Gasteiger partial charge is 0.0619 e. The molecule has 1 nitrogen and oxygen atoms in total. The molecule has 12 rings (SSSR count). The zero-order chi connectivity index (χ0) is 38.9. The predicted molar refractivity (Wildman–Crippen MR) is 253 cm³/mol. The minimum absolute atomic E-state index is 1.16. The van der Waals surface area contributed by atoms with Gasteiger partial charge in [0.05, 0.1) is 11.0 Å². The summed E-state index contributed by atoms with van der Waals surface area (Å²) in [6, 6.07) is 82.5. The maximum atomic E-state index is 2.46. The summed E-state index contributed by atoms with van der Waals surface area (Å²) in [5.41, 5.74) is 13.5. The van der Waals surface area contributed by atoms with Gasteiger partial charge in [-0.25, -0.2) is 0 Å². The van der Waals surface area contributed by atoms with Gasteiger partial charge in [-0.2, -0.15) is 0 Å². The summed E-state index contributed by atoms with van der Waals surface area (Å²) >= 11 is 0. The normalized spacial score (nSPS) is 11.7. The minimum Gasteiger partial charge on any atom is -0.309 e. The van der Waals surface area contributed by atoms with Crippen molar-refractivity contribution in [1.29, 1.82) is 0 Å². The molecule has 0 N–H and O–H groups in total. The number of benzene rings is 11. The Morgan fingerprint density at radius 1 is 0.254 bits per heavy atom. The molecule has 1 heteroatoms. The summed E-state index contributed by atoms with van der Waals surface area (Å²) in [5, 5.41) is 12.5. The second-order valence-electron chi connectivity index (χ2n) is 15.6. The van der Waals surface area contributed by atoms with Crippen LogP contribution in [0.15, 0.2) is 224 Å². The van der Waals surface area contributed by atoms with Crippen LogP contribution < -0.4 is 0 Å². The van der Waals surface area contributed by atoms with Crippen molar-refractivity contribution in [2.45, 2.75) is 0 Å². The summed E-state index contributed by atoms with van der Waals surface area (Å²) in [4.78, 5) is 0. The fourth-order valence-corrected chi connectivity index (χ4v) is 9.71. The first-order valence-electron chi connectivity index (χ1n) is 20.4. The maximum Gasteiger partial charge on any atom is 0.0619 e. The summed E-state index contributed by atoms with van der Waals surface area (Å²) in [5.74, 6) is 0. The number of hydrogen-bond donors (Lipinski definition) is 0. The van der Waals surface area contributed by atoms with Crippen molar-refractivity contribution in [3.8, 4) is 50.2 Å². The van der Waals surface area contributed by atoms with Gasteiger partial charge in [-0.15, -0.1) is 0 Å². The van der Waals surface area contributed by atoms with Gasteiger partial charge in [0.1, 0.15) is 0 Å². The van der Waals surface area contributed by atoms with Gasteiger partial charge in [-0.3, -0.25) is 0 Å². The molecule has 0 aliphatic rings. The van der Waals surface area contributed by atoms with Crippen LogP contribution in [0.2, 0.25) is 0 Å². The molecule has 0 amide bonds. The highest BCUT2D eigenvalue weighted by Crippen LogP contribution is 2.45. The van der Waals surface area contributed by atoms with E-state index < -0.39 is 0 Å². The second-order valence-corrected chi connectivity index (χ2v) is 15.6. The Hall–Kier alpha value is -7.74.